The summed E-state index contributed by atoms with van der Waals surface area (Å²) in [6.45, 7) is -1.97. The molecule has 1 saturated heterocycles. The normalized spacial score (nSPS) is 38.0. The van der Waals surface area contributed by atoms with Gasteiger partial charge in [-0.25, -0.2) is 0 Å². The largest absolute Gasteiger partial charge is 0.394 e. The van der Waals surface area contributed by atoms with Crippen molar-refractivity contribution in [1.82, 2.24) is 0 Å². The highest BCUT2D eigenvalue weighted by molar-refractivity contribution is 4.89. The van der Waals surface area contributed by atoms with E-state index in [4.69, 9.17) is 24.8 Å². The van der Waals surface area contributed by atoms with Crippen LogP contribution in [-0.2, 0) is 9.47 Å². The summed E-state index contributed by atoms with van der Waals surface area (Å²) in [6, 6.07) is 0. The van der Waals surface area contributed by atoms with Crippen molar-refractivity contribution in [3.8, 4) is 0 Å². The summed E-state index contributed by atoms with van der Waals surface area (Å²) in [5.41, 5.74) is 0. The summed E-state index contributed by atoms with van der Waals surface area (Å²) in [4.78, 5) is 0. The van der Waals surface area contributed by atoms with Crippen molar-refractivity contribution in [1.29, 1.82) is 0 Å². The van der Waals surface area contributed by atoms with Gasteiger partial charge in [0.05, 0.1) is 19.8 Å². The molecule has 1 aliphatic rings. The standard InChI is InChI=1S/C11H22O10/c12-1-4(14)7(16)5(15)3-20-11-10(19)9(18)8(17)6(2-13)21-11/h4-19H,1-3H2/t4-,5+,6-,7+,8-,9+,10-,11+/m1/s1. The van der Waals surface area contributed by atoms with Crippen LogP contribution in [-0.4, -0.2) is 110 Å². The topological polar surface area (TPSA) is 180 Å². The van der Waals surface area contributed by atoms with Gasteiger partial charge < -0.3 is 50.3 Å². The molecule has 21 heavy (non-hydrogen) atoms. The van der Waals surface area contributed by atoms with E-state index in [2.05, 4.69) is 0 Å². The third kappa shape index (κ3) is 4.53. The molecule has 8 atom stereocenters. The summed E-state index contributed by atoms with van der Waals surface area (Å²) < 4.78 is 9.98. The first-order chi connectivity index (χ1) is 9.83. The second-order valence-corrected chi connectivity index (χ2v) is 4.84. The lowest BCUT2D eigenvalue weighted by Gasteiger charge is -2.40. The first-order valence-electron chi connectivity index (χ1n) is 6.40. The number of aliphatic hydroxyl groups is 8. The van der Waals surface area contributed by atoms with Crippen molar-refractivity contribution in [3.63, 3.8) is 0 Å². The lowest BCUT2D eigenvalue weighted by Crippen LogP contribution is -2.59. The van der Waals surface area contributed by atoms with Gasteiger partial charge in [0.15, 0.2) is 6.29 Å². The van der Waals surface area contributed by atoms with Crippen molar-refractivity contribution >= 4 is 0 Å². The lowest BCUT2D eigenvalue weighted by atomic mass is 9.99. The summed E-state index contributed by atoms with van der Waals surface area (Å²) >= 11 is 0. The summed E-state index contributed by atoms with van der Waals surface area (Å²) in [7, 11) is 0. The fourth-order valence-corrected chi connectivity index (χ4v) is 1.86. The minimum absolute atomic E-state index is 0.582. The van der Waals surface area contributed by atoms with Crippen molar-refractivity contribution in [3.05, 3.63) is 0 Å². The first-order valence-corrected chi connectivity index (χ1v) is 6.40. The van der Waals surface area contributed by atoms with Crippen molar-refractivity contribution < 1.29 is 50.3 Å². The van der Waals surface area contributed by atoms with E-state index >= 15 is 0 Å². The third-order valence-corrected chi connectivity index (χ3v) is 3.26. The van der Waals surface area contributed by atoms with E-state index in [9.17, 15) is 25.5 Å². The molecule has 1 rings (SSSR count). The fraction of sp³-hybridized carbons (Fsp3) is 1.00. The molecule has 0 saturated carbocycles. The molecule has 1 fully saturated rings. The van der Waals surface area contributed by atoms with Gasteiger partial charge >= 0.3 is 0 Å². The Morgan fingerprint density at radius 2 is 1.52 bits per heavy atom. The van der Waals surface area contributed by atoms with Crippen LogP contribution >= 0.6 is 0 Å². The zero-order chi connectivity index (χ0) is 16.2. The molecule has 0 bridgehead atoms. The maximum Gasteiger partial charge on any atom is 0.186 e. The first kappa shape index (κ1) is 18.6. The lowest BCUT2D eigenvalue weighted by molar-refractivity contribution is -0.306. The van der Waals surface area contributed by atoms with Gasteiger partial charge in [-0.15, -0.1) is 0 Å². The molecule has 0 aromatic carbocycles. The number of ether oxygens (including phenoxy) is 2. The molecule has 10 nitrogen and oxygen atoms in total. The zero-order valence-electron chi connectivity index (χ0n) is 11.1. The smallest absolute Gasteiger partial charge is 0.186 e. The molecule has 0 radical (unpaired) electrons. The molecule has 0 unspecified atom stereocenters. The molecular weight excluding hydrogens is 292 g/mol. The Balaban J connectivity index is 2.53. The van der Waals surface area contributed by atoms with Crippen LogP contribution in [0.1, 0.15) is 0 Å². The van der Waals surface area contributed by atoms with Crippen molar-refractivity contribution in [2.45, 2.75) is 49.0 Å². The Kier molecular flexibility index (Phi) is 7.36. The van der Waals surface area contributed by atoms with Crippen LogP contribution in [0.4, 0.5) is 0 Å². The summed E-state index contributed by atoms with van der Waals surface area (Å²) in [6.07, 6.45) is -12.2. The van der Waals surface area contributed by atoms with Crippen LogP contribution < -0.4 is 0 Å². The minimum atomic E-state index is -1.68. The van der Waals surface area contributed by atoms with Crippen LogP contribution in [0.3, 0.4) is 0 Å². The predicted molar refractivity (Wildman–Crippen MR) is 64.8 cm³/mol. The Labute approximate surface area is 120 Å². The van der Waals surface area contributed by atoms with Crippen molar-refractivity contribution in [2.24, 2.45) is 0 Å². The van der Waals surface area contributed by atoms with Crippen LogP contribution in [0.25, 0.3) is 0 Å². The molecule has 8 N–H and O–H groups in total. The Morgan fingerprint density at radius 1 is 0.905 bits per heavy atom. The van der Waals surface area contributed by atoms with Crippen molar-refractivity contribution in [2.75, 3.05) is 19.8 Å². The number of aliphatic hydroxyl groups excluding tert-OH is 8. The minimum Gasteiger partial charge on any atom is -0.394 e. The van der Waals surface area contributed by atoms with E-state index in [0.717, 1.165) is 0 Å². The molecule has 1 aliphatic heterocycles. The van der Waals surface area contributed by atoms with E-state index in [1.165, 1.54) is 0 Å². The second kappa shape index (κ2) is 8.29. The van der Waals surface area contributed by atoms with E-state index in [0.29, 0.717) is 0 Å². The molecule has 0 spiro atoms. The van der Waals surface area contributed by atoms with Gasteiger partial charge in [0, 0.05) is 0 Å². The fourth-order valence-electron chi connectivity index (χ4n) is 1.86. The SMILES string of the molecule is OC[C@@H](O)[C@H](O)[C@@H](O)CO[C@H]1O[C@H](CO)[C@@H](O)[C@H](O)[C@H]1O. The van der Waals surface area contributed by atoms with Crippen LogP contribution in [0.15, 0.2) is 0 Å². The van der Waals surface area contributed by atoms with Gasteiger partial charge in [0.2, 0.25) is 0 Å². The summed E-state index contributed by atoms with van der Waals surface area (Å²) in [5.74, 6) is 0. The Bertz CT molecular complexity index is 301. The monoisotopic (exact) mass is 314 g/mol. The molecule has 0 aliphatic carbocycles. The second-order valence-electron chi connectivity index (χ2n) is 4.84. The van der Waals surface area contributed by atoms with Gasteiger partial charge in [-0.2, -0.15) is 0 Å². The number of hydrogen-bond acceptors (Lipinski definition) is 10. The number of hydrogen-bond donors (Lipinski definition) is 8. The molecule has 1 heterocycles. The Morgan fingerprint density at radius 3 is 2.05 bits per heavy atom. The average molecular weight is 314 g/mol. The Hall–Kier alpha value is -0.400. The van der Waals surface area contributed by atoms with Crippen LogP contribution in [0, 0.1) is 0 Å². The van der Waals surface area contributed by atoms with Gasteiger partial charge in [-0.3, -0.25) is 0 Å². The van der Waals surface area contributed by atoms with Crippen LogP contribution in [0.2, 0.25) is 0 Å². The van der Waals surface area contributed by atoms with E-state index in [1.54, 1.807) is 0 Å². The predicted octanol–water partition coefficient (Wildman–Crippen LogP) is -5.12. The van der Waals surface area contributed by atoms with Gasteiger partial charge in [-0.1, -0.05) is 0 Å². The quantitative estimate of drug-likeness (QED) is 0.226. The highest BCUT2D eigenvalue weighted by Crippen LogP contribution is 2.22. The highest BCUT2D eigenvalue weighted by atomic mass is 16.7. The molecular formula is C11H22O10. The molecule has 0 aromatic rings. The molecule has 0 aromatic heterocycles. The van der Waals surface area contributed by atoms with Gasteiger partial charge in [0.1, 0.15) is 42.7 Å². The molecule has 10 heteroatoms. The zero-order valence-corrected chi connectivity index (χ0v) is 11.1. The maximum atomic E-state index is 9.65. The molecule has 126 valence electrons. The highest BCUT2D eigenvalue weighted by Gasteiger charge is 2.44. The summed E-state index contributed by atoms with van der Waals surface area (Å²) in [5, 5.41) is 74.4. The average Bonchev–Trinajstić information content (AvgIpc) is 2.50. The van der Waals surface area contributed by atoms with E-state index in [1.807, 2.05) is 0 Å². The van der Waals surface area contributed by atoms with Crippen LogP contribution in [0.5, 0.6) is 0 Å². The third-order valence-electron chi connectivity index (χ3n) is 3.26. The number of rotatable bonds is 7. The van der Waals surface area contributed by atoms with E-state index in [-0.39, 0.29) is 0 Å². The van der Waals surface area contributed by atoms with E-state index < -0.39 is 68.8 Å². The molecule has 0 amide bonds. The maximum absolute atomic E-state index is 9.65. The van der Waals surface area contributed by atoms with Gasteiger partial charge in [0.25, 0.3) is 0 Å². The van der Waals surface area contributed by atoms with Gasteiger partial charge in [-0.05, 0) is 0 Å².